The molecular formula is C17H17N3O3. The Morgan fingerprint density at radius 1 is 1.09 bits per heavy atom. The number of benzene rings is 2. The normalized spacial score (nSPS) is 10.3. The molecule has 0 saturated carbocycles. The third-order valence-electron chi connectivity index (χ3n) is 2.93. The maximum absolute atomic E-state index is 11.7. The zero-order valence-corrected chi connectivity index (χ0v) is 12.7. The Hall–Kier alpha value is -3.15. The Morgan fingerprint density at radius 3 is 2.43 bits per heavy atom. The number of oxime groups is 1. The van der Waals surface area contributed by atoms with Gasteiger partial charge in [0.25, 0.3) is 11.8 Å². The van der Waals surface area contributed by atoms with E-state index in [4.69, 9.17) is 4.84 Å². The average Bonchev–Trinajstić information content (AvgIpc) is 2.59. The van der Waals surface area contributed by atoms with E-state index in [0.717, 1.165) is 5.56 Å². The summed E-state index contributed by atoms with van der Waals surface area (Å²) in [6, 6.07) is 16.0. The van der Waals surface area contributed by atoms with Gasteiger partial charge in [0.1, 0.15) is 0 Å². The SMILES string of the molecule is CNC(=O)c1ccc(NC(=O)CO/N=C/c2ccccc2)cc1. The average molecular weight is 311 g/mol. The summed E-state index contributed by atoms with van der Waals surface area (Å²) in [5, 5.41) is 8.92. The fourth-order valence-electron chi connectivity index (χ4n) is 1.78. The zero-order valence-electron chi connectivity index (χ0n) is 12.7. The lowest BCUT2D eigenvalue weighted by Crippen LogP contribution is -2.19. The fraction of sp³-hybridized carbons (Fsp3) is 0.118. The van der Waals surface area contributed by atoms with E-state index >= 15 is 0 Å². The molecule has 2 N–H and O–H groups in total. The van der Waals surface area contributed by atoms with Gasteiger partial charge in [-0.3, -0.25) is 9.59 Å². The molecule has 0 radical (unpaired) electrons. The lowest BCUT2D eigenvalue weighted by Gasteiger charge is -2.05. The van der Waals surface area contributed by atoms with Gasteiger partial charge in [0.05, 0.1) is 6.21 Å². The van der Waals surface area contributed by atoms with Gasteiger partial charge in [0.2, 0.25) is 0 Å². The van der Waals surface area contributed by atoms with Crippen molar-refractivity contribution in [2.24, 2.45) is 5.16 Å². The number of amides is 2. The standard InChI is InChI=1S/C17H17N3O3/c1-18-17(22)14-7-9-15(10-8-14)20-16(21)12-23-19-11-13-5-3-2-4-6-13/h2-11H,12H2,1H3,(H,18,22)(H,20,21)/b19-11+. The summed E-state index contributed by atoms with van der Waals surface area (Å²) in [5.41, 5.74) is 1.99. The predicted octanol–water partition coefficient (Wildman–Crippen LogP) is 2.04. The van der Waals surface area contributed by atoms with Crippen molar-refractivity contribution in [1.29, 1.82) is 0 Å². The number of rotatable bonds is 6. The Bertz CT molecular complexity index is 682. The summed E-state index contributed by atoms with van der Waals surface area (Å²) in [4.78, 5) is 28.1. The molecule has 6 heteroatoms. The second kappa shape index (κ2) is 8.33. The van der Waals surface area contributed by atoms with Crippen LogP contribution in [0.5, 0.6) is 0 Å². The van der Waals surface area contributed by atoms with Crippen molar-refractivity contribution in [3.8, 4) is 0 Å². The molecule has 0 fully saturated rings. The van der Waals surface area contributed by atoms with Crippen molar-refractivity contribution in [2.75, 3.05) is 19.0 Å². The van der Waals surface area contributed by atoms with E-state index in [-0.39, 0.29) is 18.4 Å². The van der Waals surface area contributed by atoms with Crippen molar-refractivity contribution >= 4 is 23.7 Å². The van der Waals surface area contributed by atoms with Crippen LogP contribution >= 0.6 is 0 Å². The Balaban J connectivity index is 1.78. The highest BCUT2D eigenvalue weighted by Crippen LogP contribution is 2.09. The largest absolute Gasteiger partial charge is 0.386 e. The summed E-state index contributed by atoms with van der Waals surface area (Å²) in [6.07, 6.45) is 1.53. The number of anilines is 1. The van der Waals surface area contributed by atoms with Crippen LogP contribution in [0, 0.1) is 0 Å². The molecule has 2 rings (SSSR count). The van der Waals surface area contributed by atoms with Crippen molar-refractivity contribution in [2.45, 2.75) is 0 Å². The molecule has 0 aliphatic rings. The Labute approximate surface area is 134 Å². The van der Waals surface area contributed by atoms with Gasteiger partial charge >= 0.3 is 0 Å². The van der Waals surface area contributed by atoms with Crippen molar-refractivity contribution < 1.29 is 14.4 Å². The predicted molar refractivity (Wildman–Crippen MR) is 88.4 cm³/mol. The third kappa shape index (κ3) is 5.28. The molecule has 0 spiro atoms. The molecule has 0 aromatic heterocycles. The van der Waals surface area contributed by atoms with Crippen LogP contribution < -0.4 is 10.6 Å². The lowest BCUT2D eigenvalue weighted by atomic mass is 10.2. The number of nitrogens with zero attached hydrogens (tertiary/aromatic N) is 1. The highest BCUT2D eigenvalue weighted by atomic mass is 16.6. The van der Waals surface area contributed by atoms with Crippen LogP contribution in [0.15, 0.2) is 59.8 Å². The van der Waals surface area contributed by atoms with Gasteiger partial charge in [0.15, 0.2) is 6.61 Å². The molecule has 2 amide bonds. The maximum Gasteiger partial charge on any atom is 0.265 e. The van der Waals surface area contributed by atoms with Gasteiger partial charge in [-0.05, 0) is 29.8 Å². The molecule has 0 aliphatic carbocycles. The minimum absolute atomic E-state index is 0.179. The number of carbonyl (C=O) groups is 2. The van der Waals surface area contributed by atoms with Crippen LogP contribution in [0.2, 0.25) is 0 Å². The molecule has 0 aliphatic heterocycles. The first-order valence-electron chi connectivity index (χ1n) is 7.01. The van der Waals surface area contributed by atoms with E-state index in [2.05, 4.69) is 15.8 Å². The van der Waals surface area contributed by atoms with E-state index in [0.29, 0.717) is 11.3 Å². The van der Waals surface area contributed by atoms with Crippen LogP contribution in [0.25, 0.3) is 0 Å². The highest BCUT2D eigenvalue weighted by Gasteiger charge is 2.05. The van der Waals surface area contributed by atoms with Crippen LogP contribution in [-0.2, 0) is 9.63 Å². The maximum atomic E-state index is 11.7. The van der Waals surface area contributed by atoms with Crippen LogP contribution in [0.3, 0.4) is 0 Å². The molecule has 2 aromatic carbocycles. The van der Waals surface area contributed by atoms with E-state index in [1.165, 1.54) is 6.21 Å². The Kier molecular flexibility index (Phi) is 5.88. The summed E-state index contributed by atoms with van der Waals surface area (Å²) in [7, 11) is 1.56. The monoisotopic (exact) mass is 311 g/mol. The molecule has 0 bridgehead atoms. The van der Waals surface area contributed by atoms with E-state index in [9.17, 15) is 9.59 Å². The molecule has 2 aromatic rings. The molecule has 0 atom stereocenters. The van der Waals surface area contributed by atoms with Crippen LogP contribution in [0.4, 0.5) is 5.69 Å². The first kappa shape index (κ1) is 16.2. The van der Waals surface area contributed by atoms with Gasteiger partial charge in [-0.25, -0.2) is 0 Å². The highest BCUT2D eigenvalue weighted by molar-refractivity contribution is 5.95. The number of nitrogens with one attached hydrogen (secondary N) is 2. The summed E-state index contributed by atoms with van der Waals surface area (Å²) >= 11 is 0. The summed E-state index contributed by atoms with van der Waals surface area (Å²) in [6.45, 7) is -0.194. The minimum Gasteiger partial charge on any atom is -0.386 e. The van der Waals surface area contributed by atoms with E-state index in [1.807, 2.05) is 30.3 Å². The van der Waals surface area contributed by atoms with Crippen molar-refractivity contribution in [3.63, 3.8) is 0 Å². The van der Waals surface area contributed by atoms with Gasteiger partial charge in [-0.15, -0.1) is 0 Å². The van der Waals surface area contributed by atoms with Crippen molar-refractivity contribution in [1.82, 2.24) is 5.32 Å². The molecule has 23 heavy (non-hydrogen) atoms. The summed E-state index contributed by atoms with van der Waals surface area (Å²) < 4.78 is 0. The smallest absolute Gasteiger partial charge is 0.265 e. The molecule has 118 valence electrons. The zero-order chi connectivity index (χ0) is 16.5. The second-order valence-electron chi connectivity index (χ2n) is 4.62. The fourth-order valence-corrected chi connectivity index (χ4v) is 1.78. The Morgan fingerprint density at radius 2 is 1.78 bits per heavy atom. The molecule has 0 saturated heterocycles. The quantitative estimate of drug-likeness (QED) is 0.633. The van der Waals surface area contributed by atoms with E-state index in [1.54, 1.807) is 31.3 Å². The number of hydrogen-bond acceptors (Lipinski definition) is 4. The van der Waals surface area contributed by atoms with Crippen LogP contribution in [0.1, 0.15) is 15.9 Å². The first-order valence-corrected chi connectivity index (χ1v) is 7.01. The molecular weight excluding hydrogens is 294 g/mol. The lowest BCUT2D eigenvalue weighted by molar-refractivity contribution is -0.120. The molecule has 0 unspecified atom stereocenters. The van der Waals surface area contributed by atoms with Gasteiger partial charge in [-0.1, -0.05) is 35.5 Å². The van der Waals surface area contributed by atoms with Gasteiger partial charge in [0, 0.05) is 18.3 Å². The molecule has 6 nitrogen and oxygen atoms in total. The minimum atomic E-state index is -0.331. The van der Waals surface area contributed by atoms with E-state index < -0.39 is 0 Å². The summed E-state index contributed by atoms with van der Waals surface area (Å²) in [5.74, 6) is -0.510. The topological polar surface area (TPSA) is 79.8 Å². The number of hydrogen-bond donors (Lipinski definition) is 2. The first-order chi connectivity index (χ1) is 11.2. The van der Waals surface area contributed by atoms with Gasteiger partial charge in [-0.2, -0.15) is 0 Å². The van der Waals surface area contributed by atoms with Crippen LogP contribution in [-0.4, -0.2) is 31.7 Å². The number of carbonyl (C=O) groups excluding carboxylic acids is 2. The van der Waals surface area contributed by atoms with Crippen molar-refractivity contribution in [3.05, 3.63) is 65.7 Å². The van der Waals surface area contributed by atoms with Gasteiger partial charge < -0.3 is 15.5 Å². The second-order valence-corrected chi connectivity index (χ2v) is 4.62. The molecule has 0 heterocycles. The third-order valence-corrected chi connectivity index (χ3v) is 2.93.